The average Bonchev–Trinajstić information content (AvgIpc) is 2.93. The first kappa shape index (κ1) is 20.3. The number of nitrogens with one attached hydrogen (secondary N) is 1. The van der Waals surface area contributed by atoms with Gasteiger partial charge in [0.25, 0.3) is 0 Å². The van der Waals surface area contributed by atoms with E-state index >= 15 is 0 Å². The summed E-state index contributed by atoms with van der Waals surface area (Å²) >= 11 is 0. The van der Waals surface area contributed by atoms with Gasteiger partial charge in [0.15, 0.2) is 11.6 Å². The molecular weight excluding hydrogens is 375 g/mol. The molecule has 0 unspecified atom stereocenters. The van der Waals surface area contributed by atoms with E-state index in [0.29, 0.717) is 30.4 Å². The predicted molar refractivity (Wildman–Crippen MR) is 73.9 cm³/mol. The maximum atomic E-state index is 13.5. The summed E-state index contributed by atoms with van der Waals surface area (Å²) in [6, 6.07) is 2.37. The number of rotatable bonds is 3. The van der Waals surface area contributed by atoms with E-state index in [-0.39, 0.29) is 5.75 Å². The van der Waals surface area contributed by atoms with Gasteiger partial charge in [-0.2, -0.15) is 26.3 Å². The van der Waals surface area contributed by atoms with Crippen molar-refractivity contribution in [1.82, 2.24) is 5.32 Å². The van der Waals surface area contributed by atoms with Crippen LogP contribution in [0.4, 0.5) is 30.7 Å². The monoisotopic (exact) mass is 389 g/mol. The van der Waals surface area contributed by atoms with Crippen molar-refractivity contribution >= 4 is 5.97 Å². The highest BCUT2D eigenvalue weighted by atomic mass is 19.4. The molecule has 2 N–H and O–H groups in total. The van der Waals surface area contributed by atoms with Gasteiger partial charge in [-0.3, -0.25) is 0 Å². The second-order valence-corrected chi connectivity index (χ2v) is 5.91. The number of benzene rings is 1. The largest absolute Gasteiger partial charge is 0.490 e. The van der Waals surface area contributed by atoms with Crippen molar-refractivity contribution in [3.63, 3.8) is 0 Å². The van der Waals surface area contributed by atoms with E-state index in [2.05, 4.69) is 5.32 Å². The third kappa shape index (κ3) is 4.99. The number of carbonyl (C=O) groups is 1. The van der Waals surface area contributed by atoms with Crippen LogP contribution in [-0.4, -0.2) is 36.9 Å². The molecule has 1 saturated heterocycles. The predicted octanol–water partition coefficient (Wildman–Crippen LogP) is 3.32. The Morgan fingerprint density at radius 1 is 1.15 bits per heavy atom. The van der Waals surface area contributed by atoms with Crippen molar-refractivity contribution in [2.45, 2.75) is 12.4 Å². The Labute approximate surface area is 142 Å². The molecule has 146 valence electrons. The average molecular weight is 389 g/mol. The molecule has 0 amide bonds. The van der Waals surface area contributed by atoms with Crippen LogP contribution in [0.25, 0.3) is 0 Å². The number of ether oxygens (including phenoxy) is 1. The zero-order valence-electron chi connectivity index (χ0n) is 13.0. The minimum absolute atomic E-state index is 0.106. The van der Waals surface area contributed by atoms with Crippen LogP contribution in [-0.2, 0) is 11.0 Å². The topological polar surface area (TPSA) is 58.6 Å². The van der Waals surface area contributed by atoms with Crippen molar-refractivity contribution in [2.75, 3.05) is 19.7 Å². The minimum Gasteiger partial charge on any atom is -0.490 e. The molecule has 1 aromatic carbocycles. The summed E-state index contributed by atoms with van der Waals surface area (Å²) in [4.78, 5) is 8.90. The maximum absolute atomic E-state index is 13.5. The van der Waals surface area contributed by atoms with Crippen LogP contribution in [0.5, 0.6) is 5.75 Å². The lowest BCUT2D eigenvalue weighted by molar-refractivity contribution is -0.192. The van der Waals surface area contributed by atoms with Crippen molar-refractivity contribution in [3.8, 4) is 5.75 Å². The van der Waals surface area contributed by atoms with Gasteiger partial charge in [-0.05, 0) is 43.1 Å². The number of halogens is 7. The molecule has 26 heavy (non-hydrogen) atoms. The van der Waals surface area contributed by atoms with Crippen LogP contribution in [0.15, 0.2) is 18.2 Å². The van der Waals surface area contributed by atoms with Crippen molar-refractivity contribution in [3.05, 3.63) is 29.6 Å². The highest BCUT2D eigenvalue weighted by Crippen LogP contribution is 2.48. The number of fused-ring (bicyclic) bond motifs is 1. The first-order valence-electron chi connectivity index (χ1n) is 7.41. The Morgan fingerprint density at radius 2 is 1.69 bits per heavy atom. The van der Waals surface area contributed by atoms with E-state index in [4.69, 9.17) is 14.6 Å². The van der Waals surface area contributed by atoms with Gasteiger partial charge in [0.1, 0.15) is 0 Å². The fourth-order valence-corrected chi connectivity index (χ4v) is 2.77. The fraction of sp³-hybridized carbons (Fsp3) is 0.533. The lowest BCUT2D eigenvalue weighted by Crippen LogP contribution is -2.21. The quantitative estimate of drug-likeness (QED) is 0.779. The van der Waals surface area contributed by atoms with Gasteiger partial charge in [-0.15, -0.1) is 0 Å². The zero-order valence-corrected chi connectivity index (χ0v) is 13.0. The number of alkyl halides is 6. The number of carboxylic acids is 1. The van der Waals surface area contributed by atoms with Crippen LogP contribution in [0, 0.1) is 23.6 Å². The Balaban J connectivity index is 0.000000298. The molecule has 0 bridgehead atoms. The second-order valence-electron chi connectivity index (χ2n) is 5.91. The van der Waals surface area contributed by atoms with E-state index in [1.165, 1.54) is 0 Å². The van der Waals surface area contributed by atoms with Gasteiger partial charge < -0.3 is 15.2 Å². The summed E-state index contributed by atoms with van der Waals surface area (Å²) in [6.45, 7) is 2.28. The lowest BCUT2D eigenvalue weighted by Gasteiger charge is -2.11. The number of hydrogen-bond donors (Lipinski definition) is 2. The van der Waals surface area contributed by atoms with Crippen molar-refractivity contribution in [2.24, 2.45) is 17.8 Å². The second kappa shape index (κ2) is 7.29. The molecular formula is C15H14F7NO3. The van der Waals surface area contributed by atoms with E-state index in [1.54, 1.807) is 0 Å². The van der Waals surface area contributed by atoms with Crippen LogP contribution in [0.3, 0.4) is 0 Å². The van der Waals surface area contributed by atoms with Crippen LogP contribution in [0.1, 0.15) is 5.56 Å². The standard InChI is InChI=1S/C13H13F4NO.C2HF3O2/c14-11-3-7(13(15,16)17)1-2-12(11)19-6-10-8-4-18-5-9(8)10;3-2(4,5)1(6)7/h1-3,8-10,18H,4-6H2;(H,6,7)/t8-,9+,10+;. The number of piperidine rings is 1. The molecule has 0 aromatic heterocycles. The molecule has 2 fully saturated rings. The summed E-state index contributed by atoms with van der Waals surface area (Å²) in [6.07, 6.45) is -9.61. The Hall–Kier alpha value is -2.04. The molecule has 1 heterocycles. The maximum Gasteiger partial charge on any atom is 0.490 e. The van der Waals surface area contributed by atoms with Gasteiger partial charge in [-0.1, -0.05) is 0 Å². The number of aliphatic carboxylic acids is 1. The Morgan fingerprint density at radius 3 is 2.12 bits per heavy atom. The van der Waals surface area contributed by atoms with E-state index < -0.39 is 29.7 Å². The Kier molecular flexibility index (Phi) is 5.69. The third-order valence-corrected chi connectivity index (χ3v) is 4.20. The van der Waals surface area contributed by atoms with Crippen molar-refractivity contribution in [1.29, 1.82) is 0 Å². The molecule has 3 rings (SSSR count). The molecule has 3 atom stereocenters. The molecule has 2 aliphatic rings. The van der Waals surface area contributed by atoms with Gasteiger partial charge in [0.05, 0.1) is 12.2 Å². The summed E-state index contributed by atoms with van der Waals surface area (Å²) < 4.78 is 87.6. The van der Waals surface area contributed by atoms with Gasteiger partial charge in [0.2, 0.25) is 0 Å². The summed E-state index contributed by atoms with van der Waals surface area (Å²) in [7, 11) is 0. The van der Waals surface area contributed by atoms with Crippen molar-refractivity contribution < 1.29 is 45.4 Å². The smallest absolute Gasteiger partial charge is 0.490 e. The van der Waals surface area contributed by atoms with Gasteiger partial charge in [0, 0.05) is 5.92 Å². The minimum atomic E-state index is -5.08. The number of hydrogen-bond acceptors (Lipinski definition) is 3. The molecule has 1 aliphatic heterocycles. The third-order valence-electron chi connectivity index (χ3n) is 4.20. The molecule has 11 heteroatoms. The normalized spacial score (nSPS) is 24.3. The van der Waals surface area contributed by atoms with E-state index in [0.717, 1.165) is 25.2 Å². The van der Waals surface area contributed by atoms with E-state index in [9.17, 15) is 30.7 Å². The summed E-state index contributed by atoms with van der Waals surface area (Å²) in [5.41, 5.74) is -0.996. The van der Waals surface area contributed by atoms with E-state index in [1.807, 2.05) is 0 Å². The highest BCUT2D eigenvalue weighted by molar-refractivity contribution is 5.73. The molecule has 1 saturated carbocycles. The zero-order chi connectivity index (χ0) is 19.7. The molecule has 1 aromatic rings. The van der Waals surface area contributed by atoms with Crippen LogP contribution in [0.2, 0.25) is 0 Å². The van der Waals surface area contributed by atoms with Gasteiger partial charge >= 0.3 is 18.3 Å². The molecule has 0 radical (unpaired) electrons. The molecule has 1 aliphatic carbocycles. The molecule has 0 spiro atoms. The van der Waals surface area contributed by atoms with Crippen LogP contribution >= 0.6 is 0 Å². The summed E-state index contributed by atoms with van der Waals surface area (Å²) in [5, 5.41) is 10.4. The number of carboxylic acid groups (broad SMARTS) is 1. The fourth-order valence-electron chi connectivity index (χ4n) is 2.77. The SMILES string of the molecule is Fc1cc(C(F)(F)F)ccc1OC[C@H]1[C@@H]2CNC[C@@H]21.O=C(O)C(F)(F)F. The Bertz CT molecular complexity index is 650. The van der Waals surface area contributed by atoms with Gasteiger partial charge in [-0.25, -0.2) is 9.18 Å². The van der Waals surface area contributed by atoms with Crippen LogP contribution < -0.4 is 10.1 Å². The molecule has 4 nitrogen and oxygen atoms in total. The first-order chi connectivity index (χ1) is 11.9. The lowest BCUT2D eigenvalue weighted by atomic mass is 10.2. The summed E-state index contributed by atoms with van der Waals surface area (Å²) in [5.74, 6) is -2.25. The first-order valence-corrected chi connectivity index (χ1v) is 7.41. The highest BCUT2D eigenvalue weighted by Gasteiger charge is 2.53.